The maximum Gasteiger partial charge on any atom is 0.223 e. The summed E-state index contributed by atoms with van der Waals surface area (Å²) in [5.41, 5.74) is 3.82. The lowest BCUT2D eigenvalue weighted by atomic mass is 10.1. The molecule has 0 bridgehead atoms. The molecule has 4 rings (SSSR count). The van der Waals surface area contributed by atoms with Crippen LogP contribution in [-0.4, -0.2) is 49.0 Å². The van der Waals surface area contributed by atoms with E-state index in [1.807, 2.05) is 17.0 Å². The lowest BCUT2D eigenvalue weighted by molar-refractivity contribution is -0.131. The van der Waals surface area contributed by atoms with Crippen LogP contribution in [0, 0.1) is 0 Å². The first-order valence-electron chi connectivity index (χ1n) is 11.4. The van der Waals surface area contributed by atoms with E-state index in [0.717, 1.165) is 51.5 Å². The van der Waals surface area contributed by atoms with Gasteiger partial charge in [-0.25, -0.2) is 0 Å². The quantitative estimate of drug-likeness (QED) is 0.240. The minimum atomic E-state index is 0. The highest BCUT2D eigenvalue weighted by Gasteiger charge is 2.24. The number of para-hydroxylation sites is 1. The zero-order valence-electron chi connectivity index (χ0n) is 18.8. The number of carbonyl (C=O) groups is 1. The number of aliphatic imine (C=N–C) groups is 1. The van der Waals surface area contributed by atoms with Crippen molar-refractivity contribution in [1.29, 1.82) is 0 Å². The average Bonchev–Trinajstić information content (AvgIpc) is 3.44. The number of amides is 1. The molecule has 172 valence electrons. The van der Waals surface area contributed by atoms with Gasteiger partial charge in [0.25, 0.3) is 0 Å². The lowest BCUT2D eigenvalue weighted by Gasteiger charge is -2.20. The van der Waals surface area contributed by atoms with E-state index in [1.54, 1.807) is 0 Å². The van der Waals surface area contributed by atoms with Gasteiger partial charge in [-0.3, -0.25) is 9.79 Å². The summed E-state index contributed by atoms with van der Waals surface area (Å²) >= 11 is 0. The molecule has 32 heavy (non-hydrogen) atoms. The minimum Gasteiger partial charge on any atom is -0.369 e. The van der Waals surface area contributed by atoms with E-state index in [1.165, 1.54) is 16.8 Å². The number of carbonyl (C=O) groups excluding carboxylic acids is 1. The van der Waals surface area contributed by atoms with Crippen molar-refractivity contribution in [3.05, 3.63) is 65.7 Å². The zero-order valence-corrected chi connectivity index (χ0v) is 21.1. The van der Waals surface area contributed by atoms with Gasteiger partial charge >= 0.3 is 0 Å². The second-order valence-electron chi connectivity index (χ2n) is 8.29. The van der Waals surface area contributed by atoms with Crippen LogP contribution in [0.15, 0.2) is 59.6 Å². The van der Waals surface area contributed by atoms with Crippen molar-refractivity contribution in [2.24, 2.45) is 4.99 Å². The summed E-state index contributed by atoms with van der Waals surface area (Å²) in [6, 6.07) is 19.2. The monoisotopic (exact) mass is 547 g/mol. The average molecular weight is 547 g/mol. The molecule has 0 aromatic heterocycles. The second kappa shape index (κ2) is 12.1. The van der Waals surface area contributed by atoms with E-state index in [-0.39, 0.29) is 29.9 Å². The summed E-state index contributed by atoms with van der Waals surface area (Å²) in [6.45, 7) is 7.06. The molecule has 0 saturated carbocycles. The topological polar surface area (TPSA) is 60.0 Å². The van der Waals surface area contributed by atoms with Crippen LogP contribution in [-0.2, 0) is 17.9 Å². The van der Waals surface area contributed by atoms with Gasteiger partial charge in [0.15, 0.2) is 5.96 Å². The highest BCUT2D eigenvalue weighted by molar-refractivity contribution is 14.0. The predicted octanol–water partition coefficient (Wildman–Crippen LogP) is 3.76. The van der Waals surface area contributed by atoms with Crippen LogP contribution < -0.4 is 15.5 Å². The maximum atomic E-state index is 12.6. The number of rotatable bonds is 7. The highest BCUT2D eigenvalue weighted by Crippen LogP contribution is 2.23. The number of hydrogen-bond acceptors (Lipinski definition) is 3. The van der Waals surface area contributed by atoms with Crippen molar-refractivity contribution in [3.8, 4) is 0 Å². The zero-order chi connectivity index (χ0) is 21.5. The molecule has 1 amide bonds. The first kappa shape index (κ1) is 24.4. The molecular formula is C25H34IN5O. The molecular weight excluding hydrogens is 513 g/mol. The molecule has 2 aromatic carbocycles. The molecule has 0 radical (unpaired) electrons. The molecule has 1 unspecified atom stereocenters. The Morgan fingerprint density at radius 2 is 1.75 bits per heavy atom. The molecule has 2 heterocycles. The Balaban J connectivity index is 0.00000289. The van der Waals surface area contributed by atoms with Crippen LogP contribution >= 0.6 is 24.0 Å². The number of fused-ring (bicyclic) bond motifs is 1. The van der Waals surface area contributed by atoms with Crippen molar-refractivity contribution >= 4 is 41.5 Å². The molecule has 2 N–H and O–H groups in total. The largest absolute Gasteiger partial charge is 0.369 e. The second-order valence-corrected chi connectivity index (χ2v) is 8.29. The van der Waals surface area contributed by atoms with Gasteiger partial charge in [-0.2, -0.15) is 0 Å². The van der Waals surface area contributed by atoms with Crippen LogP contribution in [0.1, 0.15) is 37.3 Å². The van der Waals surface area contributed by atoms with Crippen molar-refractivity contribution in [2.75, 3.05) is 31.1 Å². The Hall–Kier alpha value is -2.29. The molecule has 1 atom stereocenters. The van der Waals surface area contributed by atoms with Crippen LogP contribution in [0.5, 0.6) is 0 Å². The van der Waals surface area contributed by atoms with Crippen molar-refractivity contribution in [3.63, 3.8) is 0 Å². The maximum absolute atomic E-state index is 12.6. The summed E-state index contributed by atoms with van der Waals surface area (Å²) in [7, 11) is 0. The number of halogens is 1. The predicted molar refractivity (Wildman–Crippen MR) is 142 cm³/mol. The molecule has 2 aromatic rings. The van der Waals surface area contributed by atoms with Gasteiger partial charge in [0.1, 0.15) is 0 Å². The van der Waals surface area contributed by atoms with Gasteiger partial charge in [0.2, 0.25) is 5.91 Å². The minimum absolute atomic E-state index is 0. The van der Waals surface area contributed by atoms with Crippen LogP contribution in [0.4, 0.5) is 5.69 Å². The van der Waals surface area contributed by atoms with E-state index in [2.05, 4.69) is 64.9 Å². The van der Waals surface area contributed by atoms with Gasteiger partial charge < -0.3 is 20.4 Å². The van der Waals surface area contributed by atoms with Crippen LogP contribution in [0.3, 0.4) is 0 Å². The number of nitrogens with zero attached hydrogens (tertiary/aromatic N) is 3. The van der Waals surface area contributed by atoms with Crippen molar-refractivity contribution < 1.29 is 4.79 Å². The van der Waals surface area contributed by atoms with E-state index in [0.29, 0.717) is 19.0 Å². The van der Waals surface area contributed by atoms with E-state index in [9.17, 15) is 4.79 Å². The number of guanidine groups is 1. The first-order valence-corrected chi connectivity index (χ1v) is 11.4. The molecule has 6 nitrogen and oxygen atoms in total. The summed E-state index contributed by atoms with van der Waals surface area (Å²) in [6.07, 6.45) is 2.40. The van der Waals surface area contributed by atoms with Crippen LogP contribution in [0.25, 0.3) is 0 Å². The fourth-order valence-electron chi connectivity index (χ4n) is 4.35. The Bertz CT molecular complexity index is 879. The molecule has 1 fully saturated rings. The molecule has 7 heteroatoms. The fourth-order valence-corrected chi connectivity index (χ4v) is 4.35. The smallest absolute Gasteiger partial charge is 0.223 e. The Labute approximate surface area is 208 Å². The number of hydrogen-bond donors (Lipinski definition) is 2. The van der Waals surface area contributed by atoms with Crippen LogP contribution in [0.2, 0.25) is 0 Å². The molecule has 1 saturated heterocycles. The third-order valence-corrected chi connectivity index (χ3v) is 6.01. The fraction of sp³-hybridized carbons (Fsp3) is 0.440. The van der Waals surface area contributed by atoms with Gasteiger partial charge in [0.05, 0.1) is 0 Å². The Morgan fingerprint density at radius 1 is 1.06 bits per heavy atom. The SMILES string of the molecule is CCNC(=NCCCC(=O)N1Cc2ccccc2C1)NC1CCN(c2ccccc2)C1.I. The number of benzene rings is 2. The van der Waals surface area contributed by atoms with E-state index >= 15 is 0 Å². The third-order valence-electron chi connectivity index (χ3n) is 6.01. The normalized spacial score (nSPS) is 17.7. The molecule has 2 aliphatic rings. The van der Waals surface area contributed by atoms with Gasteiger partial charge in [-0.05, 0) is 43.0 Å². The van der Waals surface area contributed by atoms with Gasteiger partial charge in [0, 0.05) is 57.4 Å². The summed E-state index contributed by atoms with van der Waals surface area (Å²) in [5, 5.41) is 6.92. The van der Waals surface area contributed by atoms with Crippen molar-refractivity contribution in [1.82, 2.24) is 15.5 Å². The number of nitrogens with one attached hydrogen (secondary N) is 2. The standard InChI is InChI=1S/C25H33N5O.HI/c1-2-26-25(28-22-14-16-29(19-22)23-11-4-3-5-12-23)27-15-8-13-24(31)30-17-20-9-6-7-10-21(20)18-30;/h3-7,9-12,22H,2,8,13-19H2,1H3,(H2,26,27,28);1H. The summed E-state index contributed by atoms with van der Waals surface area (Å²) in [4.78, 5) is 21.7. The lowest BCUT2D eigenvalue weighted by Crippen LogP contribution is -2.44. The summed E-state index contributed by atoms with van der Waals surface area (Å²) in [5.74, 6) is 1.07. The summed E-state index contributed by atoms with van der Waals surface area (Å²) < 4.78 is 0. The van der Waals surface area contributed by atoms with E-state index < -0.39 is 0 Å². The third kappa shape index (κ3) is 6.37. The molecule has 2 aliphatic heterocycles. The molecule has 0 spiro atoms. The first-order chi connectivity index (χ1) is 15.2. The van der Waals surface area contributed by atoms with E-state index in [4.69, 9.17) is 4.99 Å². The Morgan fingerprint density at radius 3 is 2.44 bits per heavy atom. The van der Waals surface area contributed by atoms with Gasteiger partial charge in [-0.15, -0.1) is 24.0 Å². The van der Waals surface area contributed by atoms with Gasteiger partial charge in [-0.1, -0.05) is 42.5 Å². The number of anilines is 1. The molecule has 0 aliphatic carbocycles. The van der Waals surface area contributed by atoms with Crippen molar-refractivity contribution in [2.45, 2.75) is 45.3 Å². The Kier molecular flexibility index (Phi) is 9.20. The highest BCUT2D eigenvalue weighted by atomic mass is 127.